The minimum Gasteiger partial charge on any atom is -0.457 e. The number of benzene rings is 1. The molecule has 0 saturated carbocycles. The highest BCUT2D eigenvalue weighted by Crippen LogP contribution is 2.32. The number of nitrogens with zero attached hydrogens (tertiary/aromatic N) is 2. The van der Waals surface area contributed by atoms with Crippen molar-refractivity contribution in [3.05, 3.63) is 56.3 Å². The number of non-ortho nitro benzene ring substituents is 1. The smallest absolute Gasteiger partial charge is 0.270 e. The summed E-state index contributed by atoms with van der Waals surface area (Å²) in [6.45, 7) is 3.78. The summed E-state index contributed by atoms with van der Waals surface area (Å²) in [7, 11) is 0. The lowest BCUT2D eigenvalue weighted by molar-refractivity contribution is -0.384. The Bertz CT molecular complexity index is 911. The molecule has 0 radical (unpaired) electrons. The number of nitro groups is 1. The van der Waals surface area contributed by atoms with Crippen LogP contribution in [0.1, 0.15) is 26.0 Å². The van der Waals surface area contributed by atoms with E-state index in [-0.39, 0.29) is 17.3 Å². The zero-order chi connectivity index (χ0) is 19.3. The first kappa shape index (κ1) is 19.4. The number of carbonyl (C=O) groups excluding carboxylic acids is 1. The molecule has 1 atom stereocenters. The second-order valence-electron chi connectivity index (χ2n) is 5.58. The van der Waals surface area contributed by atoms with Crippen molar-refractivity contribution in [2.75, 3.05) is 0 Å². The fourth-order valence-corrected chi connectivity index (χ4v) is 2.65. The number of rotatable bonds is 6. The molecule has 1 aromatic heterocycles. The number of hydrogen-bond acceptors (Lipinski definition) is 5. The van der Waals surface area contributed by atoms with Gasteiger partial charge in [0.15, 0.2) is 0 Å². The molecule has 0 aliphatic rings. The van der Waals surface area contributed by atoms with Gasteiger partial charge in [-0.1, -0.05) is 6.92 Å². The zero-order valence-corrected chi connectivity index (χ0v) is 15.7. The van der Waals surface area contributed by atoms with Gasteiger partial charge in [0, 0.05) is 34.3 Å². The Labute approximate surface area is 158 Å². The molecule has 0 fully saturated rings. The van der Waals surface area contributed by atoms with E-state index in [9.17, 15) is 20.2 Å². The van der Waals surface area contributed by atoms with Crippen molar-refractivity contribution in [3.8, 4) is 17.4 Å². The summed E-state index contributed by atoms with van der Waals surface area (Å²) in [6.07, 6.45) is 2.12. The van der Waals surface area contributed by atoms with E-state index in [1.54, 1.807) is 18.2 Å². The normalized spacial score (nSPS) is 12.3. The van der Waals surface area contributed by atoms with Crippen molar-refractivity contribution >= 4 is 33.6 Å². The molecule has 1 N–H and O–H groups in total. The predicted octanol–water partition coefficient (Wildman–Crippen LogP) is 4.44. The SMILES string of the molecule is CC[C@@H](C)NC(=O)/C(C#N)=C/c1ccc(-c2ccc([N+](=O)[O-])cc2Br)o1. The lowest BCUT2D eigenvalue weighted by atomic mass is 10.1. The molecule has 0 saturated heterocycles. The number of nitrogens with one attached hydrogen (secondary N) is 1. The number of halogens is 1. The van der Waals surface area contributed by atoms with Crippen molar-refractivity contribution in [1.82, 2.24) is 5.32 Å². The molecule has 1 aromatic carbocycles. The quantitative estimate of drug-likeness (QED) is 0.323. The molecule has 0 bridgehead atoms. The molecular formula is C18H16BrN3O4. The minimum atomic E-state index is -0.486. The van der Waals surface area contributed by atoms with Gasteiger partial charge in [0.05, 0.1) is 4.92 Å². The maximum atomic E-state index is 12.1. The highest BCUT2D eigenvalue weighted by atomic mass is 79.9. The van der Waals surface area contributed by atoms with Gasteiger partial charge in [-0.3, -0.25) is 14.9 Å². The average Bonchev–Trinajstić information content (AvgIpc) is 3.07. The molecule has 1 amide bonds. The highest BCUT2D eigenvalue weighted by molar-refractivity contribution is 9.10. The fourth-order valence-electron chi connectivity index (χ4n) is 2.09. The van der Waals surface area contributed by atoms with Crippen LogP contribution in [0.5, 0.6) is 0 Å². The number of nitriles is 1. The Kier molecular flexibility index (Phi) is 6.31. The monoisotopic (exact) mass is 417 g/mol. The Morgan fingerprint density at radius 3 is 2.77 bits per heavy atom. The molecule has 26 heavy (non-hydrogen) atoms. The maximum Gasteiger partial charge on any atom is 0.270 e. The van der Waals surface area contributed by atoms with Crippen LogP contribution in [-0.2, 0) is 4.79 Å². The van der Waals surface area contributed by atoms with Gasteiger partial charge in [0.25, 0.3) is 11.6 Å². The second kappa shape index (κ2) is 8.45. The number of hydrogen-bond donors (Lipinski definition) is 1. The van der Waals surface area contributed by atoms with Gasteiger partial charge in [-0.15, -0.1) is 0 Å². The molecule has 2 rings (SSSR count). The lowest BCUT2D eigenvalue weighted by Gasteiger charge is -2.09. The zero-order valence-electron chi connectivity index (χ0n) is 14.2. The molecule has 7 nitrogen and oxygen atoms in total. The van der Waals surface area contributed by atoms with Gasteiger partial charge in [-0.2, -0.15) is 5.26 Å². The fraction of sp³-hybridized carbons (Fsp3) is 0.222. The van der Waals surface area contributed by atoms with Gasteiger partial charge in [0.2, 0.25) is 0 Å². The van der Waals surface area contributed by atoms with Crippen molar-refractivity contribution < 1.29 is 14.1 Å². The van der Waals surface area contributed by atoms with E-state index in [4.69, 9.17) is 4.42 Å². The summed E-state index contributed by atoms with van der Waals surface area (Å²) in [5, 5.41) is 22.7. The summed E-state index contributed by atoms with van der Waals surface area (Å²) in [6, 6.07) is 9.43. The third kappa shape index (κ3) is 4.58. The van der Waals surface area contributed by atoms with Crippen LogP contribution in [0.25, 0.3) is 17.4 Å². The van der Waals surface area contributed by atoms with Crippen molar-refractivity contribution in [1.29, 1.82) is 5.26 Å². The van der Waals surface area contributed by atoms with Gasteiger partial charge < -0.3 is 9.73 Å². The number of amides is 1. The van der Waals surface area contributed by atoms with Crippen LogP contribution in [0.2, 0.25) is 0 Å². The van der Waals surface area contributed by atoms with Crippen LogP contribution >= 0.6 is 15.9 Å². The van der Waals surface area contributed by atoms with Gasteiger partial charge in [-0.25, -0.2) is 0 Å². The standard InChI is InChI=1S/C18H16BrN3O4/c1-3-11(2)21-18(23)12(10-20)8-14-5-7-17(26-14)15-6-4-13(22(24)25)9-16(15)19/h4-9,11H,3H2,1-2H3,(H,21,23)/b12-8+/t11-/m1/s1. The molecule has 0 aliphatic heterocycles. The third-order valence-corrected chi connectivity index (χ3v) is 4.35. The van der Waals surface area contributed by atoms with Crippen molar-refractivity contribution in [2.45, 2.75) is 26.3 Å². The first-order chi connectivity index (χ1) is 12.3. The summed E-state index contributed by atoms with van der Waals surface area (Å²) in [5.74, 6) is 0.329. The van der Waals surface area contributed by atoms with E-state index < -0.39 is 10.8 Å². The van der Waals surface area contributed by atoms with Gasteiger partial charge >= 0.3 is 0 Å². The van der Waals surface area contributed by atoms with E-state index in [0.717, 1.165) is 6.42 Å². The molecule has 2 aromatic rings. The van der Waals surface area contributed by atoms with Crippen LogP contribution in [0.15, 0.2) is 44.8 Å². The minimum absolute atomic E-state index is 0.0394. The van der Waals surface area contributed by atoms with Crippen LogP contribution < -0.4 is 5.32 Å². The Morgan fingerprint density at radius 2 is 2.19 bits per heavy atom. The number of carbonyl (C=O) groups is 1. The second-order valence-corrected chi connectivity index (χ2v) is 6.43. The molecular weight excluding hydrogens is 402 g/mol. The topological polar surface area (TPSA) is 109 Å². The van der Waals surface area contributed by atoms with E-state index in [1.807, 2.05) is 19.9 Å². The summed E-state index contributed by atoms with van der Waals surface area (Å²) >= 11 is 3.29. The Balaban J connectivity index is 2.28. The average molecular weight is 418 g/mol. The van der Waals surface area contributed by atoms with Gasteiger partial charge in [-0.05, 0) is 47.5 Å². The summed E-state index contributed by atoms with van der Waals surface area (Å²) < 4.78 is 6.16. The van der Waals surface area contributed by atoms with Crippen LogP contribution in [-0.4, -0.2) is 16.9 Å². The number of nitro benzene ring substituents is 1. The maximum absolute atomic E-state index is 12.1. The summed E-state index contributed by atoms with van der Waals surface area (Å²) in [5.41, 5.74) is 0.521. The van der Waals surface area contributed by atoms with Crippen molar-refractivity contribution in [2.24, 2.45) is 0 Å². The molecule has 134 valence electrons. The first-order valence-electron chi connectivity index (χ1n) is 7.82. The predicted molar refractivity (Wildman–Crippen MR) is 100.0 cm³/mol. The van der Waals surface area contributed by atoms with Crippen LogP contribution in [0.3, 0.4) is 0 Å². The van der Waals surface area contributed by atoms with Crippen LogP contribution in [0, 0.1) is 21.4 Å². The lowest BCUT2D eigenvalue weighted by Crippen LogP contribution is -2.32. The molecule has 0 spiro atoms. The number of furan rings is 1. The molecule has 0 aliphatic carbocycles. The highest BCUT2D eigenvalue weighted by Gasteiger charge is 2.15. The van der Waals surface area contributed by atoms with Crippen molar-refractivity contribution in [3.63, 3.8) is 0 Å². The third-order valence-electron chi connectivity index (χ3n) is 3.70. The van der Waals surface area contributed by atoms with E-state index in [0.29, 0.717) is 21.6 Å². The molecule has 8 heteroatoms. The Morgan fingerprint density at radius 1 is 1.46 bits per heavy atom. The summed E-state index contributed by atoms with van der Waals surface area (Å²) in [4.78, 5) is 22.4. The van der Waals surface area contributed by atoms with Crippen LogP contribution in [0.4, 0.5) is 5.69 Å². The Hall–Kier alpha value is -2.92. The van der Waals surface area contributed by atoms with E-state index >= 15 is 0 Å². The van der Waals surface area contributed by atoms with E-state index in [1.165, 1.54) is 18.2 Å². The largest absolute Gasteiger partial charge is 0.457 e. The molecule has 0 unspecified atom stereocenters. The molecule has 1 heterocycles. The van der Waals surface area contributed by atoms with E-state index in [2.05, 4.69) is 21.2 Å². The first-order valence-corrected chi connectivity index (χ1v) is 8.61. The van der Waals surface area contributed by atoms with Gasteiger partial charge in [0.1, 0.15) is 23.2 Å².